The zero-order valence-electron chi connectivity index (χ0n) is 15.4. The van der Waals surface area contributed by atoms with E-state index in [4.69, 9.17) is 0 Å². The van der Waals surface area contributed by atoms with Crippen LogP contribution in [-0.2, 0) is 22.8 Å². The molecular formula is C18H17F2N5O2S. The zero-order valence-corrected chi connectivity index (χ0v) is 16.2. The van der Waals surface area contributed by atoms with Crippen LogP contribution >= 0.6 is 0 Å². The Hall–Kier alpha value is -2.88. The van der Waals surface area contributed by atoms with Gasteiger partial charge in [-0.1, -0.05) is 19.1 Å². The lowest BCUT2D eigenvalue weighted by Gasteiger charge is -2.09. The Balaban J connectivity index is 2.04. The number of imidazole rings is 1. The van der Waals surface area contributed by atoms with E-state index in [2.05, 4.69) is 15.1 Å². The highest BCUT2D eigenvalue weighted by Crippen LogP contribution is 2.30. The van der Waals surface area contributed by atoms with E-state index >= 15 is 0 Å². The number of hydrogen-bond donors (Lipinski definition) is 0. The quantitative estimate of drug-likeness (QED) is 0.521. The molecule has 146 valence electrons. The van der Waals surface area contributed by atoms with Gasteiger partial charge in [-0.3, -0.25) is 4.57 Å². The van der Waals surface area contributed by atoms with Crippen molar-refractivity contribution in [1.29, 1.82) is 0 Å². The Labute approximate surface area is 159 Å². The molecule has 7 nitrogen and oxygen atoms in total. The smallest absolute Gasteiger partial charge is 0.272 e. The lowest BCUT2D eigenvalue weighted by molar-refractivity contribution is 0.0172. The van der Waals surface area contributed by atoms with Crippen molar-refractivity contribution in [2.45, 2.75) is 24.8 Å². The average molecular weight is 405 g/mol. The molecule has 0 spiro atoms. The Bertz CT molecular complexity index is 1320. The van der Waals surface area contributed by atoms with E-state index in [1.807, 2.05) is 0 Å². The van der Waals surface area contributed by atoms with Crippen LogP contribution in [0.3, 0.4) is 0 Å². The minimum Gasteiger partial charge on any atom is -0.296 e. The summed E-state index contributed by atoms with van der Waals surface area (Å²) in [5.41, 5.74) is 0.810. The molecule has 0 saturated carbocycles. The fourth-order valence-corrected chi connectivity index (χ4v) is 4.24. The number of aryl methyl sites for hydroxylation is 1. The van der Waals surface area contributed by atoms with Crippen molar-refractivity contribution in [2.75, 3.05) is 5.75 Å². The molecule has 0 atom stereocenters. The molecule has 0 aliphatic heterocycles. The first-order valence-corrected chi connectivity index (χ1v) is 10.2. The summed E-state index contributed by atoms with van der Waals surface area (Å²) in [5.74, 6) is -2.99. The summed E-state index contributed by atoms with van der Waals surface area (Å²) in [6, 6.07) is 8.13. The first kappa shape index (κ1) is 18.5. The van der Waals surface area contributed by atoms with Gasteiger partial charge in [-0.05, 0) is 18.2 Å². The fourth-order valence-electron chi connectivity index (χ4n) is 3.07. The second kappa shape index (κ2) is 6.06. The van der Waals surface area contributed by atoms with Crippen LogP contribution in [0.2, 0.25) is 0 Å². The Kier molecular flexibility index (Phi) is 4.00. The van der Waals surface area contributed by atoms with Crippen LogP contribution in [0.15, 0.2) is 41.6 Å². The fraction of sp³-hybridized carbons (Fsp3) is 0.278. The van der Waals surface area contributed by atoms with Crippen molar-refractivity contribution in [3.63, 3.8) is 0 Å². The topological polar surface area (TPSA) is 82.7 Å². The summed E-state index contributed by atoms with van der Waals surface area (Å²) in [6.45, 7) is 2.33. The van der Waals surface area contributed by atoms with Gasteiger partial charge in [0.25, 0.3) is 5.92 Å². The normalized spacial score (nSPS) is 12.9. The Morgan fingerprint density at radius 1 is 1.18 bits per heavy atom. The van der Waals surface area contributed by atoms with Gasteiger partial charge in [0.15, 0.2) is 20.5 Å². The molecule has 0 saturated heterocycles. The number of rotatable bonds is 4. The summed E-state index contributed by atoms with van der Waals surface area (Å²) >= 11 is 0. The third-order valence-corrected chi connectivity index (χ3v) is 6.33. The molecule has 0 aliphatic rings. The van der Waals surface area contributed by atoms with E-state index in [9.17, 15) is 17.2 Å². The van der Waals surface area contributed by atoms with Gasteiger partial charge in [0.05, 0.1) is 11.3 Å². The van der Waals surface area contributed by atoms with E-state index in [1.54, 1.807) is 38.2 Å². The second-order valence-electron chi connectivity index (χ2n) is 6.56. The minimum atomic E-state index is -3.64. The largest absolute Gasteiger partial charge is 0.296 e. The van der Waals surface area contributed by atoms with Crippen LogP contribution in [0.5, 0.6) is 0 Å². The van der Waals surface area contributed by atoms with E-state index in [0.717, 1.165) is 13.1 Å². The van der Waals surface area contributed by atoms with Gasteiger partial charge in [-0.15, -0.1) is 0 Å². The predicted octanol–water partition coefficient (Wildman–Crippen LogP) is 3.21. The van der Waals surface area contributed by atoms with Gasteiger partial charge in [0.1, 0.15) is 5.52 Å². The number of hydrogen-bond acceptors (Lipinski definition) is 5. The van der Waals surface area contributed by atoms with Gasteiger partial charge < -0.3 is 0 Å². The maximum Gasteiger partial charge on any atom is 0.272 e. The lowest BCUT2D eigenvalue weighted by Crippen LogP contribution is -2.14. The zero-order chi connectivity index (χ0) is 20.3. The van der Waals surface area contributed by atoms with Crippen LogP contribution < -0.4 is 0 Å². The van der Waals surface area contributed by atoms with Crippen molar-refractivity contribution in [1.82, 2.24) is 24.3 Å². The number of pyridine rings is 1. The van der Waals surface area contributed by atoms with Crippen molar-refractivity contribution in [3.8, 4) is 5.95 Å². The van der Waals surface area contributed by atoms with Crippen molar-refractivity contribution in [3.05, 3.63) is 42.1 Å². The molecule has 0 N–H and O–H groups in total. The molecule has 3 aromatic heterocycles. The van der Waals surface area contributed by atoms with E-state index in [-0.39, 0.29) is 27.8 Å². The summed E-state index contributed by atoms with van der Waals surface area (Å²) in [5, 5.41) is 4.90. The third-order valence-electron chi connectivity index (χ3n) is 4.59. The highest BCUT2D eigenvalue weighted by Gasteiger charge is 2.28. The molecule has 28 heavy (non-hydrogen) atoms. The van der Waals surface area contributed by atoms with Crippen LogP contribution in [0, 0.1) is 0 Å². The predicted molar refractivity (Wildman–Crippen MR) is 100 cm³/mol. The molecule has 4 rings (SSSR count). The standard InChI is InChI=1S/C18H17F2N5O2S/c1-4-28(26,27)16-12-7-5-6-8-13(12)23-25(16)17-22-14-9-11(18(2,19)20)10-21-15(14)24(17)3/h5-10H,4H2,1-3H3. The molecule has 0 fully saturated rings. The van der Waals surface area contributed by atoms with Crippen LogP contribution in [-0.4, -0.2) is 38.5 Å². The molecule has 0 amide bonds. The first-order chi connectivity index (χ1) is 13.1. The van der Waals surface area contributed by atoms with Gasteiger partial charge in [-0.25, -0.2) is 27.2 Å². The molecule has 3 heterocycles. The van der Waals surface area contributed by atoms with Gasteiger partial charge in [0, 0.05) is 31.1 Å². The van der Waals surface area contributed by atoms with Gasteiger partial charge in [-0.2, -0.15) is 9.78 Å². The number of halogens is 2. The monoisotopic (exact) mass is 405 g/mol. The summed E-state index contributed by atoms with van der Waals surface area (Å²) in [7, 11) is -2.00. The van der Waals surface area contributed by atoms with E-state index in [0.29, 0.717) is 16.6 Å². The second-order valence-corrected chi connectivity index (χ2v) is 8.76. The summed E-state index contributed by atoms with van der Waals surface area (Å²) < 4.78 is 55.6. The van der Waals surface area contributed by atoms with Gasteiger partial charge in [0.2, 0.25) is 5.95 Å². The van der Waals surface area contributed by atoms with E-state index < -0.39 is 15.8 Å². The number of alkyl halides is 2. The molecule has 0 radical (unpaired) electrons. The third kappa shape index (κ3) is 2.75. The SMILES string of the molecule is CCS(=O)(=O)c1c2ccccc2nn1-c1nc2cc(C(C)(F)F)cnc2n1C. The van der Waals surface area contributed by atoms with Gasteiger partial charge >= 0.3 is 0 Å². The average Bonchev–Trinajstić information content (AvgIpc) is 3.19. The number of fused-ring (bicyclic) bond motifs is 2. The summed E-state index contributed by atoms with van der Waals surface area (Å²) in [6.07, 6.45) is 1.09. The molecule has 0 aliphatic carbocycles. The van der Waals surface area contributed by atoms with Crippen LogP contribution in [0.1, 0.15) is 19.4 Å². The van der Waals surface area contributed by atoms with E-state index in [1.165, 1.54) is 15.3 Å². The molecule has 1 aromatic carbocycles. The van der Waals surface area contributed by atoms with Crippen LogP contribution in [0.4, 0.5) is 8.78 Å². The van der Waals surface area contributed by atoms with Crippen molar-refractivity contribution < 1.29 is 17.2 Å². The maximum absolute atomic E-state index is 13.6. The maximum atomic E-state index is 13.6. The number of sulfone groups is 1. The first-order valence-electron chi connectivity index (χ1n) is 8.55. The summed E-state index contributed by atoms with van der Waals surface area (Å²) in [4.78, 5) is 8.45. The highest BCUT2D eigenvalue weighted by molar-refractivity contribution is 7.91. The molecular weight excluding hydrogens is 388 g/mol. The molecule has 4 aromatic rings. The highest BCUT2D eigenvalue weighted by atomic mass is 32.2. The van der Waals surface area contributed by atoms with Crippen molar-refractivity contribution >= 4 is 31.9 Å². The Morgan fingerprint density at radius 3 is 2.57 bits per heavy atom. The molecule has 10 heteroatoms. The number of nitrogens with zero attached hydrogens (tertiary/aromatic N) is 5. The number of aromatic nitrogens is 5. The number of benzene rings is 1. The minimum absolute atomic E-state index is 0.0186. The van der Waals surface area contributed by atoms with Crippen LogP contribution in [0.25, 0.3) is 28.0 Å². The lowest BCUT2D eigenvalue weighted by atomic mass is 10.2. The molecule has 0 bridgehead atoms. The van der Waals surface area contributed by atoms with Crippen molar-refractivity contribution in [2.24, 2.45) is 7.05 Å². The molecule has 0 unspecified atom stereocenters. The Morgan fingerprint density at radius 2 is 1.89 bits per heavy atom.